The van der Waals surface area contributed by atoms with Gasteiger partial charge in [0.1, 0.15) is 13.2 Å². The zero-order valence-electron chi connectivity index (χ0n) is 54.2. The monoisotopic (exact) mass is 1140 g/mol. The Labute approximate surface area is 508 Å². The number of carbonyl (C=O) groups is 3. The number of hydrogen-bond donors (Lipinski definition) is 0. The highest BCUT2D eigenvalue weighted by molar-refractivity contribution is 5.71. The summed E-state index contributed by atoms with van der Waals surface area (Å²) in [7, 11) is 0. The molecule has 1 atom stereocenters. The van der Waals surface area contributed by atoms with Crippen molar-refractivity contribution in [1.29, 1.82) is 0 Å². The van der Waals surface area contributed by atoms with E-state index in [1.165, 1.54) is 199 Å². The maximum atomic E-state index is 13.0. The summed E-state index contributed by atoms with van der Waals surface area (Å²) >= 11 is 0. The van der Waals surface area contributed by atoms with E-state index >= 15 is 0 Å². The van der Waals surface area contributed by atoms with E-state index in [9.17, 15) is 14.4 Å². The van der Waals surface area contributed by atoms with Crippen LogP contribution in [0.4, 0.5) is 0 Å². The van der Waals surface area contributed by atoms with Crippen molar-refractivity contribution in [2.24, 2.45) is 0 Å². The second-order valence-corrected chi connectivity index (χ2v) is 23.4. The number of unbranched alkanes of at least 4 members (excludes halogenated alkanes) is 37. The van der Waals surface area contributed by atoms with Gasteiger partial charge < -0.3 is 14.2 Å². The molecular formula is C76H132O6. The normalized spacial score (nSPS) is 12.7. The quantitative estimate of drug-likeness (QED) is 0.0261. The van der Waals surface area contributed by atoms with E-state index in [1.807, 2.05) is 0 Å². The lowest BCUT2D eigenvalue weighted by atomic mass is 10.0. The van der Waals surface area contributed by atoms with Crippen molar-refractivity contribution < 1.29 is 28.6 Å². The van der Waals surface area contributed by atoms with E-state index in [2.05, 4.69) is 118 Å². The molecule has 0 aliphatic heterocycles. The van der Waals surface area contributed by atoms with Gasteiger partial charge >= 0.3 is 17.9 Å². The summed E-state index contributed by atoms with van der Waals surface area (Å²) in [4.78, 5) is 38.5. The summed E-state index contributed by atoms with van der Waals surface area (Å²) in [6.07, 6.45) is 94.3. The molecule has 0 aliphatic rings. The van der Waals surface area contributed by atoms with Crippen LogP contribution in [0.25, 0.3) is 0 Å². The van der Waals surface area contributed by atoms with Gasteiger partial charge in [0.15, 0.2) is 6.10 Å². The molecule has 0 radical (unpaired) electrons. The van der Waals surface area contributed by atoms with Crippen LogP contribution in [0.3, 0.4) is 0 Å². The van der Waals surface area contributed by atoms with Gasteiger partial charge in [-0.2, -0.15) is 0 Å². The summed E-state index contributed by atoms with van der Waals surface area (Å²) in [6, 6.07) is 0. The van der Waals surface area contributed by atoms with E-state index < -0.39 is 6.10 Å². The molecule has 0 aromatic rings. The summed E-state index contributed by atoms with van der Waals surface area (Å²) in [6.45, 7) is 6.51. The molecule has 1 unspecified atom stereocenters. The van der Waals surface area contributed by atoms with Gasteiger partial charge in [0, 0.05) is 19.3 Å². The molecule has 0 saturated carbocycles. The first kappa shape index (κ1) is 78.3. The second-order valence-electron chi connectivity index (χ2n) is 23.4. The lowest BCUT2D eigenvalue weighted by Crippen LogP contribution is -2.30. The molecular weight excluding hydrogens is 1010 g/mol. The van der Waals surface area contributed by atoms with Gasteiger partial charge in [-0.05, 0) is 122 Å². The molecule has 0 aromatic carbocycles. The van der Waals surface area contributed by atoms with Gasteiger partial charge in [-0.15, -0.1) is 0 Å². The van der Waals surface area contributed by atoms with E-state index in [0.29, 0.717) is 19.3 Å². The van der Waals surface area contributed by atoms with Gasteiger partial charge in [-0.1, -0.05) is 304 Å². The Morgan fingerprint density at radius 2 is 0.476 bits per heavy atom. The predicted molar refractivity (Wildman–Crippen MR) is 357 cm³/mol. The number of allylic oxidation sites excluding steroid dienone is 16. The minimum absolute atomic E-state index is 0.0811. The molecule has 0 N–H and O–H groups in total. The number of hydrogen-bond acceptors (Lipinski definition) is 6. The average molecular weight is 1140 g/mol. The lowest BCUT2D eigenvalue weighted by Gasteiger charge is -2.18. The minimum atomic E-state index is -0.787. The maximum absolute atomic E-state index is 13.0. The fourth-order valence-corrected chi connectivity index (χ4v) is 10.0. The highest BCUT2D eigenvalue weighted by Crippen LogP contribution is 2.17. The van der Waals surface area contributed by atoms with Crippen LogP contribution in [0.15, 0.2) is 97.2 Å². The first-order valence-electron chi connectivity index (χ1n) is 35.2. The molecule has 6 nitrogen and oxygen atoms in total. The molecule has 472 valence electrons. The van der Waals surface area contributed by atoms with Gasteiger partial charge in [0.25, 0.3) is 0 Å². The van der Waals surface area contributed by atoms with Gasteiger partial charge in [0.05, 0.1) is 0 Å². The first-order valence-corrected chi connectivity index (χ1v) is 35.2. The molecule has 0 rings (SSSR count). The molecule has 0 aromatic heterocycles. The molecule has 0 amide bonds. The summed E-state index contributed by atoms with van der Waals surface area (Å²) in [5.41, 5.74) is 0. The highest BCUT2D eigenvalue weighted by Gasteiger charge is 2.19. The first-order chi connectivity index (χ1) is 40.5. The smallest absolute Gasteiger partial charge is 0.306 e. The Balaban J connectivity index is 4.29. The molecule has 82 heavy (non-hydrogen) atoms. The van der Waals surface area contributed by atoms with Crippen molar-refractivity contribution in [2.45, 2.75) is 354 Å². The van der Waals surface area contributed by atoms with Crippen molar-refractivity contribution in [3.63, 3.8) is 0 Å². The largest absolute Gasteiger partial charge is 0.462 e. The van der Waals surface area contributed by atoms with Gasteiger partial charge in [0.2, 0.25) is 0 Å². The standard InChI is InChI=1S/C76H132O6/c1-4-7-10-13-16-19-22-25-28-31-33-34-35-36-37-38-39-40-41-42-44-45-48-51-54-57-60-63-66-69-75(78)81-72-73(71-80-74(77)68-65-62-59-56-53-50-47-30-27-24-21-18-15-12-9-6-3)82-76(79)70-67-64-61-58-55-52-49-46-43-32-29-26-23-20-17-14-11-8-5-2/h7,10,16-17,19-21,24-26,28-30,33-34,47,73H,4-6,8-9,11-15,18,22-23,27,31-32,35-46,48-72H2,1-3H3/b10-7-,19-16-,20-17-,24-21-,28-25-,29-26-,34-33-,47-30-. The van der Waals surface area contributed by atoms with Crippen LogP contribution in [0.5, 0.6) is 0 Å². The number of rotatable bonds is 64. The summed E-state index contributed by atoms with van der Waals surface area (Å²) < 4.78 is 17.0. The zero-order valence-corrected chi connectivity index (χ0v) is 54.2. The Bertz CT molecular complexity index is 1590. The number of carbonyl (C=O) groups excluding carboxylic acids is 3. The number of esters is 3. The average Bonchev–Trinajstić information content (AvgIpc) is 3.47. The third-order valence-corrected chi connectivity index (χ3v) is 15.3. The maximum Gasteiger partial charge on any atom is 0.306 e. The summed E-state index contributed by atoms with van der Waals surface area (Å²) in [5.74, 6) is -0.883. The Morgan fingerprint density at radius 3 is 0.768 bits per heavy atom. The second kappa shape index (κ2) is 69.8. The van der Waals surface area contributed by atoms with Crippen molar-refractivity contribution in [3.8, 4) is 0 Å². The van der Waals surface area contributed by atoms with E-state index in [-0.39, 0.29) is 31.1 Å². The topological polar surface area (TPSA) is 78.9 Å². The number of ether oxygens (including phenoxy) is 3. The Kier molecular flexibility index (Phi) is 66.7. The SMILES string of the molecule is CC/C=C\C/C=C\C/C=C\C/C=C\CCCCCCCCCCCCCCCCCCC(=O)OCC(COC(=O)CCCCCCC/C=C\C/C=C\CCCCCC)OC(=O)CCCCCCCCCCC/C=C\C/C=C\CCCCC. The highest BCUT2D eigenvalue weighted by atomic mass is 16.6. The van der Waals surface area contributed by atoms with E-state index in [4.69, 9.17) is 14.2 Å². The van der Waals surface area contributed by atoms with Crippen molar-refractivity contribution in [3.05, 3.63) is 97.2 Å². The van der Waals surface area contributed by atoms with Crippen molar-refractivity contribution in [1.82, 2.24) is 0 Å². The Hall–Kier alpha value is -3.67. The molecule has 0 heterocycles. The Morgan fingerprint density at radius 1 is 0.256 bits per heavy atom. The van der Waals surface area contributed by atoms with E-state index in [1.54, 1.807) is 0 Å². The van der Waals surface area contributed by atoms with Crippen LogP contribution in [0.1, 0.15) is 348 Å². The van der Waals surface area contributed by atoms with Crippen LogP contribution in [0, 0.1) is 0 Å². The van der Waals surface area contributed by atoms with Gasteiger partial charge in [-0.3, -0.25) is 14.4 Å². The van der Waals surface area contributed by atoms with Crippen molar-refractivity contribution >= 4 is 17.9 Å². The van der Waals surface area contributed by atoms with Crippen LogP contribution in [-0.2, 0) is 28.6 Å². The van der Waals surface area contributed by atoms with Crippen molar-refractivity contribution in [2.75, 3.05) is 13.2 Å². The molecule has 0 bridgehead atoms. The summed E-state index contributed by atoms with van der Waals surface area (Å²) in [5, 5.41) is 0. The predicted octanol–water partition coefficient (Wildman–Crippen LogP) is 24.4. The fourth-order valence-electron chi connectivity index (χ4n) is 10.0. The van der Waals surface area contributed by atoms with Crippen LogP contribution >= 0.6 is 0 Å². The molecule has 0 fully saturated rings. The van der Waals surface area contributed by atoms with Gasteiger partial charge in [-0.25, -0.2) is 0 Å². The minimum Gasteiger partial charge on any atom is -0.462 e. The van der Waals surface area contributed by atoms with Crippen LogP contribution < -0.4 is 0 Å². The molecule has 0 spiro atoms. The van der Waals surface area contributed by atoms with Crippen LogP contribution in [0.2, 0.25) is 0 Å². The zero-order chi connectivity index (χ0) is 59.2. The fraction of sp³-hybridized carbons (Fsp3) is 0.750. The van der Waals surface area contributed by atoms with Crippen LogP contribution in [-0.4, -0.2) is 37.2 Å². The third-order valence-electron chi connectivity index (χ3n) is 15.3. The third kappa shape index (κ3) is 67.1. The molecule has 6 heteroatoms. The molecule has 0 aliphatic carbocycles. The van der Waals surface area contributed by atoms with E-state index in [0.717, 1.165) is 109 Å². The molecule has 0 saturated heterocycles. The lowest BCUT2D eigenvalue weighted by molar-refractivity contribution is -0.167.